The lowest BCUT2D eigenvalue weighted by molar-refractivity contribution is -0.165. The predicted molar refractivity (Wildman–Crippen MR) is 91.2 cm³/mol. The molecule has 4 aliphatic rings. The maximum atomic E-state index is 12.0. The van der Waals surface area contributed by atoms with Gasteiger partial charge < -0.3 is 9.47 Å². The van der Waals surface area contributed by atoms with E-state index in [1.807, 2.05) is 0 Å². The fraction of sp³-hybridized carbons (Fsp3) is 0.800. The minimum absolute atomic E-state index is 0.0695. The van der Waals surface area contributed by atoms with Crippen LogP contribution in [-0.4, -0.2) is 24.6 Å². The van der Waals surface area contributed by atoms with Crippen LogP contribution in [0, 0.1) is 23.7 Å². The van der Waals surface area contributed by atoms with E-state index in [4.69, 9.17) is 9.47 Å². The Labute approximate surface area is 145 Å². The molecule has 0 saturated heterocycles. The Kier molecular flexibility index (Phi) is 5.96. The van der Waals surface area contributed by atoms with Gasteiger partial charge in [-0.1, -0.05) is 26.2 Å². The number of esters is 2. The van der Waals surface area contributed by atoms with Crippen LogP contribution in [0.4, 0.5) is 0 Å². The Morgan fingerprint density at radius 3 is 2.12 bits per heavy atom. The van der Waals surface area contributed by atoms with E-state index in [9.17, 15) is 9.59 Å². The quantitative estimate of drug-likeness (QED) is 0.382. The molecule has 0 aliphatic heterocycles. The smallest absolute Gasteiger partial charge is 0.331 e. The molecule has 4 fully saturated rings. The average molecular weight is 334 g/mol. The van der Waals surface area contributed by atoms with Crippen LogP contribution in [0.15, 0.2) is 12.2 Å². The first kappa shape index (κ1) is 17.5. The molecule has 0 unspecified atom stereocenters. The highest BCUT2D eigenvalue weighted by Crippen LogP contribution is 2.54. The molecule has 4 bridgehead atoms. The molecule has 0 N–H and O–H groups in total. The summed E-state index contributed by atoms with van der Waals surface area (Å²) in [5.41, 5.74) is 0. The molecule has 0 aromatic rings. The van der Waals surface area contributed by atoms with Crippen molar-refractivity contribution in [2.24, 2.45) is 23.7 Å². The summed E-state index contributed by atoms with van der Waals surface area (Å²) in [4.78, 5) is 23.6. The summed E-state index contributed by atoms with van der Waals surface area (Å²) in [6, 6.07) is 0. The molecule has 0 heterocycles. The SMILES string of the molecule is CCCCCCOC(=O)/C=C/C(=O)OC1C2CC3CC(C2)CC1C3. The maximum absolute atomic E-state index is 12.0. The van der Waals surface area contributed by atoms with E-state index in [0.717, 1.165) is 37.5 Å². The molecule has 134 valence electrons. The molecule has 0 spiro atoms. The van der Waals surface area contributed by atoms with Crippen molar-refractivity contribution in [1.82, 2.24) is 0 Å². The normalized spacial score (nSPS) is 33.8. The molecule has 0 radical (unpaired) electrons. The van der Waals surface area contributed by atoms with E-state index in [-0.39, 0.29) is 6.10 Å². The van der Waals surface area contributed by atoms with Gasteiger partial charge in [0, 0.05) is 12.2 Å². The Hall–Kier alpha value is -1.32. The Bertz CT molecular complexity index is 454. The second-order valence-electron chi connectivity index (χ2n) is 7.89. The Balaban J connectivity index is 1.38. The maximum Gasteiger partial charge on any atom is 0.331 e. The summed E-state index contributed by atoms with van der Waals surface area (Å²) in [6.07, 6.45) is 13.0. The molecule has 0 amide bonds. The van der Waals surface area contributed by atoms with Gasteiger partial charge in [0.05, 0.1) is 6.61 Å². The Morgan fingerprint density at radius 1 is 0.875 bits per heavy atom. The van der Waals surface area contributed by atoms with Gasteiger partial charge in [-0.25, -0.2) is 9.59 Å². The number of carbonyl (C=O) groups is 2. The van der Waals surface area contributed by atoms with Crippen LogP contribution in [0.5, 0.6) is 0 Å². The first-order valence-electron chi connectivity index (χ1n) is 9.71. The minimum atomic E-state index is -0.450. The first-order valence-corrected chi connectivity index (χ1v) is 9.71. The lowest BCUT2D eigenvalue weighted by Gasteiger charge is -2.53. The van der Waals surface area contributed by atoms with E-state index in [2.05, 4.69) is 6.92 Å². The first-order chi connectivity index (χ1) is 11.7. The molecule has 0 atom stereocenters. The summed E-state index contributed by atoms with van der Waals surface area (Å²) in [5, 5.41) is 0. The summed E-state index contributed by atoms with van der Waals surface area (Å²) < 4.78 is 10.8. The lowest BCUT2D eigenvalue weighted by Crippen LogP contribution is -2.49. The fourth-order valence-corrected chi connectivity index (χ4v) is 5.13. The van der Waals surface area contributed by atoms with Crippen molar-refractivity contribution < 1.29 is 19.1 Å². The van der Waals surface area contributed by atoms with Gasteiger partial charge in [0.25, 0.3) is 0 Å². The second kappa shape index (κ2) is 8.17. The lowest BCUT2D eigenvalue weighted by atomic mass is 9.55. The zero-order valence-electron chi connectivity index (χ0n) is 14.7. The third kappa shape index (κ3) is 4.40. The van der Waals surface area contributed by atoms with E-state index < -0.39 is 11.9 Å². The fourth-order valence-electron chi connectivity index (χ4n) is 5.13. The van der Waals surface area contributed by atoms with Gasteiger partial charge >= 0.3 is 11.9 Å². The van der Waals surface area contributed by atoms with Gasteiger partial charge in [-0.05, 0) is 62.2 Å². The highest BCUT2D eigenvalue weighted by Gasteiger charge is 2.49. The van der Waals surface area contributed by atoms with Crippen LogP contribution < -0.4 is 0 Å². The zero-order valence-corrected chi connectivity index (χ0v) is 14.7. The van der Waals surface area contributed by atoms with Crippen LogP contribution in [0.25, 0.3) is 0 Å². The minimum Gasteiger partial charge on any atom is -0.463 e. The standard InChI is InChI=1S/C20H30O4/c1-2-3-4-5-8-23-18(21)6-7-19(22)24-20-16-10-14-9-15(12-16)13-17(20)11-14/h6-7,14-17,20H,2-5,8-13H2,1H3/b7-6+. The summed E-state index contributed by atoms with van der Waals surface area (Å²) >= 11 is 0. The third-order valence-electron chi connectivity index (χ3n) is 5.99. The van der Waals surface area contributed by atoms with Crippen molar-refractivity contribution in [1.29, 1.82) is 0 Å². The Morgan fingerprint density at radius 2 is 1.50 bits per heavy atom. The van der Waals surface area contributed by atoms with Crippen LogP contribution in [-0.2, 0) is 19.1 Å². The second-order valence-corrected chi connectivity index (χ2v) is 7.89. The van der Waals surface area contributed by atoms with Gasteiger partial charge in [-0.15, -0.1) is 0 Å². The molecule has 4 nitrogen and oxygen atoms in total. The van der Waals surface area contributed by atoms with Crippen molar-refractivity contribution in [2.45, 2.75) is 70.8 Å². The van der Waals surface area contributed by atoms with E-state index in [1.165, 1.54) is 44.3 Å². The van der Waals surface area contributed by atoms with Crippen molar-refractivity contribution in [3.8, 4) is 0 Å². The number of rotatable bonds is 8. The van der Waals surface area contributed by atoms with Crippen molar-refractivity contribution in [3.63, 3.8) is 0 Å². The molecule has 4 heteroatoms. The molecule has 0 aromatic carbocycles. The highest BCUT2D eigenvalue weighted by atomic mass is 16.5. The van der Waals surface area contributed by atoms with Gasteiger partial charge in [-0.3, -0.25) is 0 Å². The molecular formula is C20H30O4. The average Bonchev–Trinajstić information content (AvgIpc) is 2.55. The summed E-state index contributed by atoms with van der Waals surface area (Å²) in [6.45, 7) is 2.57. The predicted octanol–water partition coefficient (Wildman–Crippen LogP) is 4.03. The van der Waals surface area contributed by atoms with Gasteiger partial charge in [0.2, 0.25) is 0 Å². The third-order valence-corrected chi connectivity index (χ3v) is 5.99. The number of carbonyl (C=O) groups excluding carboxylic acids is 2. The molecule has 24 heavy (non-hydrogen) atoms. The van der Waals surface area contributed by atoms with Gasteiger partial charge in [0.1, 0.15) is 6.10 Å². The molecule has 4 aliphatic carbocycles. The molecular weight excluding hydrogens is 304 g/mol. The number of hydrogen-bond donors (Lipinski definition) is 0. The summed E-state index contributed by atoms with van der Waals surface area (Å²) in [7, 11) is 0. The molecule has 4 saturated carbocycles. The van der Waals surface area contributed by atoms with Crippen LogP contribution in [0.3, 0.4) is 0 Å². The summed E-state index contributed by atoms with van der Waals surface area (Å²) in [5.74, 6) is 1.97. The number of hydrogen-bond acceptors (Lipinski definition) is 4. The monoisotopic (exact) mass is 334 g/mol. The van der Waals surface area contributed by atoms with E-state index >= 15 is 0 Å². The largest absolute Gasteiger partial charge is 0.463 e. The van der Waals surface area contributed by atoms with E-state index in [1.54, 1.807) is 0 Å². The molecule has 4 rings (SSSR count). The number of unbranched alkanes of at least 4 members (excludes halogenated alkanes) is 3. The number of ether oxygens (including phenoxy) is 2. The van der Waals surface area contributed by atoms with Crippen molar-refractivity contribution in [3.05, 3.63) is 12.2 Å². The molecule has 0 aromatic heterocycles. The van der Waals surface area contributed by atoms with Crippen LogP contribution in [0.2, 0.25) is 0 Å². The van der Waals surface area contributed by atoms with Crippen molar-refractivity contribution >= 4 is 11.9 Å². The van der Waals surface area contributed by atoms with Crippen LogP contribution in [0.1, 0.15) is 64.7 Å². The van der Waals surface area contributed by atoms with Gasteiger partial charge in [0.15, 0.2) is 0 Å². The highest BCUT2D eigenvalue weighted by molar-refractivity contribution is 5.91. The van der Waals surface area contributed by atoms with E-state index in [0.29, 0.717) is 18.4 Å². The zero-order chi connectivity index (χ0) is 16.9. The topological polar surface area (TPSA) is 52.6 Å². The van der Waals surface area contributed by atoms with Crippen LogP contribution >= 0.6 is 0 Å². The van der Waals surface area contributed by atoms with Crippen molar-refractivity contribution in [2.75, 3.05) is 6.61 Å². The van der Waals surface area contributed by atoms with Gasteiger partial charge in [-0.2, -0.15) is 0 Å².